The van der Waals surface area contributed by atoms with Crippen LogP contribution in [-0.4, -0.2) is 46.7 Å². The Balaban J connectivity index is 1.95. The molecule has 1 saturated heterocycles. The number of esters is 1. The number of carbonyl (C=O) groups is 3. The first-order valence-corrected chi connectivity index (χ1v) is 9.56. The number of ether oxygens (including phenoxy) is 1. The molecule has 1 aromatic carbocycles. The molecule has 8 heteroatoms. The van der Waals surface area contributed by atoms with E-state index in [9.17, 15) is 14.4 Å². The van der Waals surface area contributed by atoms with E-state index in [1.165, 1.54) is 4.90 Å². The topological polar surface area (TPSA) is 66.9 Å². The van der Waals surface area contributed by atoms with E-state index in [4.69, 9.17) is 17.0 Å². The number of hydrogen-bond acceptors (Lipinski definition) is 6. The first-order chi connectivity index (χ1) is 12.5. The van der Waals surface area contributed by atoms with E-state index in [1.54, 1.807) is 4.90 Å². The van der Waals surface area contributed by atoms with Gasteiger partial charge in [-0.15, -0.1) is 0 Å². The van der Waals surface area contributed by atoms with Crippen LogP contribution in [-0.2, 0) is 19.1 Å². The molecule has 2 heterocycles. The molecule has 1 aromatic rings. The third-order valence-electron chi connectivity index (χ3n) is 4.07. The third kappa shape index (κ3) is 3.14. The van der Waals surface area contributed by atoms with Gasteiger partial charge >= 0.3 is 5.97 Å². The van der Waals surface area contributed by atoms with Crippen molar-refractivity contribution in [1.29, 1.82) is 0 Å². The Bertz CT molecular complexity index is 834. The second-order valence-corrected chi connectivity index (χ2v) is 7.39. The zero-order chi connectivity index (χ0) is 18.8. The van der Waals surface area contributed by atoms with E-state index in [-0.39, 0.29) is 21.7 Å². The lowest BCUT2D eigenvalue weighted by Gasteiger charge is -2.14. The quantitative estimate of drug-likeness (QED) is 0.437. The predicted molar refractivity (Wildman–Crippen MR) is 105 cm³/mol. The highest BCUT2D eigenvalue weighted by Crippen LogP contribution is 2.44. The van der Waals surface area contributed by atoms with Crippen molar-refractivity contribution >= 4 is 57.3 Å². The molecule has 0 bridgehead atoms. The van der Waals surface area contributed by atoms with Crippen LogP contribution in [0.3, 0.4) is 0 Å². The van der Waals surface area contributed by atoms with Gasteiger partial charge in [-0.2, -0.15) is 0 Å². The average Bonchev–Trinajstić information content (AvgIpc) is 3.06. The second-order valence-electron chi connectivity index (χ2n) is 5.75. The van der Waals surface area contributed by atoms with Crippen molar-refractivity contribution < 1.29 is 19.1 Å². The van der Waals surface area contributed by atoms with Crippen molar-refractivity contribution in [2.45, 2.75) is 20.3 Å². The monoisotopic (exact) mass is 390 g/mol. The van der Waals surface area contributed by atoms with Gasteiger partial charge in [0.1, 0.15) is 10.9 Å². The van der Waals surface area contributed by atoms with Gasteiger partial charge in [0, 0.05) is 12.1 Å². The highest BCUT2D eigenvalue weighted by atomic mass is 32.2. The Morgan fingerprint density at radius 3 is 2.58 bits per heavy atom. The van der Waals surface area contributed by atoms with E-state index in [1.807, 2.05) is 38.1 Å². The number of likely N-dealkylation sites (N-methyl/N-ethyl adjacent to an activating group) is 1. The lowest BCUT2D eigenvalue weighted by Crippen LogP contribution is -2.34. The summed E-state index contributed by atoms with van der Waals surface area (Å²) in [6.45, 7) is 4.33. The molecule has 1 fully saturated rings. The lowest BCUT2D eigenvalue weighted by atomic mass is 10.1. The molecule has 26 heavy (non-hydrogen) atoms. The molecule has 0 spiro atoms. The van der Waals surface area contributed by atoms with Crippen LogP contribution in [0.1, 0.15) is 25.8 Å². The second kappa shape index (κ2) is 7.59. The van der Waals surface area contributed by atoms with Crippen LogP contribution < -0.4 is 4.90 Å². The fourth-order valence-electron chi connectivity index (χ4n) is 2.89. The molecule has 0 saturated carbocycles. The minimum Gasteiger partial charge on any atom is -0.464 e. The molecule has 2 aliphatic rings. The van der Waals surface area contributed by atoms with Crippen molar-refractivity contribution in [3.05, 3.63) is 34.7 Å². The minimum atomic E-state index is -0.511. The van der Waals surface area contributed by atoms with Crippen molar-refractivity contribution in [2.24, 2.45) is 0 Å². The number of rotatable bonds is 5. The van der Waals surface area contributed by atoms with Gasteiger partial charge in [-0.25, -0.2) is 0 Å². The van der Waals surface area contributed by atoms with E-state index >= 15 is 0 Å². The van der Waals surface area contributed by atoms with E-state index < -0.39 is 11.9 Å². The van der Waals surface area contributed by atoms with Gasteiger partial charge in [0.2, 0.25) is 0 Å². The molecule has 136 valence electrons. The molecule has 0 N–H and O–H groups in total. The predicted octanol–water partition coefficient (Wildman–Crippen LogP) is 2.58. The van der Waals surface area contributed by atoms with Crippen LogP contribution in [0.25, 0.3) is 5.57 Å². The van der Waals surface area contributed by atoms with E-state index in [2.05, 4.69) is 0 Å². The zero-order valence-electron chi connectivity index (χ0n) is 14.5. The molecule has 6 nitrogen and oxygen atoms in total. The van der Waals surface area contributed by atoms with Gasteiger partial charge in [-0.05, 0) is 19.4 Å². The molecular formula is C18H18N2O4S2. The summed E-state index contributed by atoms with van der Waals surface area (Å²) in [7, 11) is 0. The summed E-state index contributed by atoms with van der Waals surface area (Å²) in [6.07, 6.45) is 0.701. The number of para-hydroxylation sites is 1. The molecule has 0 atom stereocenters. The molecule has 0 aliphatic carbocycles. The number of carbonyl (C=O) groups excluding carboxylic acids is 3. The highest BCUT2D eigenvalue weighted by molar-refractivity contribution is 8.26. The van der Waals surface area contributed by atoms with E-state index in [0.29, 0.717) is 30.7 Å². The number of thiocarbonyl (C=S) groups is 1. The Hall–Kier alpha value is -2.19. The number of hydrogen-bond donors (Lipinski definition) is 0. The van der Waals surface area contributed by atoms with Gasteiger partial charge in [0.05, 0.1) is 22.8 Å². The largest absolute Gasteiger partial charge is 0.464 e. The Morgan fingerprint density at radius 1 is 1.15 bits per heavy atom. The van der Waals surface area contributed by atoms with Crippen molar-refractivity contribution in [3.8, 4) is 0 Å². The standard InChI is InChI=1S/C18H18N2O4S2/c1-3-9-24-13(21)10-20-17(23)15(26-18(20)25)14-11-7-5-6-8-12(11)19(4-2)16(14)22/h5-8H,3-4,9-10H2,1-2H3/b15-14-. The van der Waals surface area contributed by atoms with Gasteiger partial charge < -0.3 is 9.64 Å². The van der Waals surface area contributed by atoms with Crippen LogP contribution in [0.2, 0.25) is 0 Å². The summed E-state index contributed by atoms with van der Waals surface area (Å²) in [5, 5.41) is 0. The number of fused-ring (bicyclic) bond motifs is 1. The van der Waals surface area contributed by atoms with Gasteiger partial charge in [-0.3, -0.25) is 19.3 Å². The van der Waals surface area contributed by atoms with Crippen LogP contribution in [0.4, 0.5) is 5.69 Å². The number of thioether (sulfide) groups is 1. The smallest absolute Gasteiger partial charge is 0.326 e. The lowest BCUT2D eigenvalue weighted by molar-refractivity contribution is -0.146. The van der Waals surface area contributed by atoms with Gasteiger partial charge in [-0.1, -0.05) is 49.1 Å². The van der Waals surface area contributed by atoms with Crippen LogP contribution in [0.15, 0.2) is 29.2 Å². The summed E-state index contributed by atoms with van der Waals surface area (Å²) in [5.74, 6) is -1.16. The maximum atomic E-state index is 12.9. The number of amides is 2. The summed E-state index contributed by atoms with van der Waals surface area (Å²) < 4.78 is 5.29. The maximum absolute atomic E-state index is 12.9. The fourth-order valence-corrected chi connectivity index (χ4v) is 4.22. The summed E-state index contributed by atoms with van der Waals surface area (Å²) in [5.41, 5.74) is 1.85. The van der Waals surface area contributed by atoms with Gasteiger partial charge in [0.25, 0.3) is 11.8 Å². The fraction of sp³-hybridized carbons (Fsp3) is 0.333. The zero-order valence-corrected chi connectivity index (χ0v) is 16.1. The van der Waals surface area contributed by atoms with Gasteiger partial charge in [0.15, 0.2) is 0 Å². The highest BCUT2D eigenvalue weighted by Gasteiger charge is 2.42. The number of anilines is 1. The SMILES string of the molecule is CCCOC(=O)CN1C(=O)/C(=C2/C(=O)N(CC)c3ccccc32)SC1=S. The van der Waals surface area contributed by atoms with Crippen LogP contribution in [0, 0.1) is 0 Å². The Kier molecular flexibility index (Phi) is 5.43. The molecule has 3 rings (SSSR count). The summed E-state index contributed by atoms with van der Waals surface area (Å²) in [6, 6.07) is 7.35. The minimum absolute atomic E-state index is 0.220. The van der Waals surface area contributed by atoms with E-state index in [0.717, 1.165) is 17.4 Å². The average molecular weight is 390 g/mol. The normalized spacial score (nSPS) is 19.4. The molecule has 0 aromatic heterocycles. The van der Waals surface area contributed by atoms with Crippen molar-refractivity contribution in [2.75, 3.05) is 24.6 Å². The Morgan fingerprint density at radius 2 is 1.88 bits per heavy atom. The van der Waals surface area contributed by atoms with Crippen molar-refractivity contribution in [1.82, 2.24) is 4.90 Å². The third-order valence-corrected chi connectivity index (χ3v) is 5.52. The molecule has 0 radical (unpaired) electrons. The first kappa shape index (κ1) is 18.6. The molecular weight excluding hydrogens is 372 g/mol. The maximum Gasteiger partial charge on any atom is 0.326 e. The van der Waals surface area contributed by atoms with Crippen LogP contribution in [0.5, 0.6) is 0 Å². The molecule has 2 aliphatic heterocycles. The number of nitrogens with zero attached hydrogens (tertiary/aromatic N) is 2. The summed E-state index contributed by atoms with van der Waals surface area (Å²) in [4.78, 5) is 40.7. The molecule has 0 unspecified atom stereocenters. The number of benzene rings is 1. The molecule has 2 amide bonds. The first-order valence-electron chi connectivity index (χ1n) is 8.34. The van der Waals surface area contributed by atoms with Crippen LogP contribution >= 0.6 is 24.0 Å². The Labute approximate surface area is 161 Å². The van der Waals surface area contributed by atoms with Crippen molar-refractivity contribution in [3.63, 3.8) is 0 Å². The summed E-state index contributed by atoms with van der Waals surface area (Å²) >= 11 is 6.31.